The zero-order valence-electron chi connectivity index (χ0n) is 14.8. The van der Waals surface area contributed by atoms with Crippen LogP contribution in [0, 0.1) is 11.8 Å². The van der Waals surface area contributed by atoms with E-state index in [1.807, 2.05) is 41.3 Å². The van der Waals surface area contributed by atoms with Crippen molar-refractivity contribution in [3.8, 4) is 11.1 Å². The van der Waals surface area contributed by atoms with Gasteiger partial charge in [0, 0.05) is 37.0 Å². The summed E-state index contributed by atoms with van der Waals surface area (Å²) in [6.07, 6.45) is 8.07. The molecule has 2 amide bonds. The van der Waals surface area contributed by atoms with Crippen molar-refractivity contribution in [3.05, 3.63) is 42.2 Å². The number of carbonyl (C=O) groups excluding carboxylic acids is 2. The Labute approximate surface area is 153 Å². The largest absolute Gasteiger partial charge is 0.369 e. The topological polar surface area (TPSA) is 81.2 Å². The second kappa shape index (κ2) is 6.94. The zero-order valence-corrected chi connectivity index (χ0v) is 14.8. The lowest BCUT2D eigenvalue weighted by Gasteiger charge is -2.31. The van der Waals surface area contributed by atoms with Gasteiger partial charge in [-0.1, -0.05) is 12.1 Å². The molecule has 26 heavy (non-hydrogen) atoms. The third-order valence-corrected chi connectivity index (χ3v) is 5.33. The summed E-state index contributed by atoms with van der Waals surface area (Å²) in [5.74, 6) is 0.173. The van der Waals surface area contributed by atoms with E-state index in [0.29, 0.717) is 18.7 Å². The average Bonchev–Trinajstić information content (AvgIpc) is 3.36. The first-order valence-corrected chi connectivity index (χ1v) is 9.31. The number of benzene rings is 1. The molecule has 0 radical (unpaired) electrons. The van der Waals surface area contributed by atoms with Crippen molar-refractivity contribution in [2.45, 2.75) is 32.2 Å². The first kappa shape index (κ1) is 16.8. The SMILES string of the molecule is NC(=O)[C@@H]1CCCN(C(=O)c2cccc(-c3cnn(CC4CC4)c3)c2)C1. The number of rotatable bonds is 5. The van der Waals surface area contributed by atoms with Gasteiger partial charge in [-0.05, 0) is 49.3 Å². The number of hydrogen-bond donors (Lipinski definition) is 1. The standard InChI is InChI=1S/C20H24N4O2/c21-19(25)17-5-2-8-23(12-17)20(26)16-4-1-3-15(9-16)18-10-22-24(13-18)11-14-6-7-14/h1,3-4,9-10,13-14,17H,2,5-8,11-12H2,(H2,21,25)/t17-/m1/s1. The fourth-order valence-corrected chi connectivity index (χ4v) is 3.59. The number of piperidine rings is 1. The summed E-state index contributed by atoms with van der Waals surface area (Å²) in [6, 6.07) is 7.64. The summed E-state index contributed by atoms with van der Waals surface area (Å²) in [6.45, 7) is 2.06. The molecule has 136 valence electrons. The molecule has 1 saturated heterocycles. The highest BCUT2D eigenvalue weighted by molar-refractivity contribution is 5.96. The van der Waals surface area contributed by atoms with Crippen LogP contribution in [-0.2, 0) is 11.3 Å². The van der Waals surface area contributed by atoms with Gasteiger partial charge in [0.2, 0.25) is 5.91 Å². The van der Waals surface area contributed by atoms with E-state index in [9.17, 15) is 9.59 Å². The van der Waals surface area contributed by atoms with Crippen molar-refractivity contribution < 1.29 is 9.59 Å². The molecule has 1 atom stereocenters. The minimum Gasteiger partial charge on any atom is -0.369 e. The molecule has 2 fully saturated rings. The van der Waals surface area contributed by atoms with E-state index in [2.05, 4.69) is 5.10 Å². The van der Waals surface area contributed by atoms with E-state index in [1.165, 1.54) is 12.8 Å². The third-order valence-electron chi connectivity index (χ3n) is 5.33. The number of carbonyl (C=O) groups is 2. The molecular formula is C20H24N4O2. The second-order valence-corrected chi connectivity index (χ2v) is 7.47. The van der Waals surface area contributed by atoms with Gasteiger partial charge in [-0.3, -0.25) is 14.3 Å². The van der Waals surface area contributed by atoms with Gasteiger partial charge in [0.1, 0.15) is 0 Å². The number of hydrogen-bond acceptors (Lipinski definition) is 3. The maximum absolute atomic E-state index is 12.9. The maximum atomic E-state index is 12.9. The van der Waals surface area contributed by atoms with Crippen LogP contribution < -0.4 is 5.73 Å². The van der Waals surface area contributed by atoms with Crippen molar-refractivity contribution in [2.24, 2.45) is 17.6 Å². The Morgan fingerprint density at radius 3 is 2.81 bits per heavy atom. The number of amides is 2. The van der Waals surface area contributed by atoms with Crippen molar-refractivity contribution in [2.75, 3.05) is 13.1 Å². The summed E-state index contributed by atoms with van der Waals surface area (Å²) < 4.78 is 1.99. The Morgan fingerprint density at radius 2 is 2.04 bits per heavy atom. The van der Waals surface area contributed by atoms with Crippen molar-refractivity contribution in [1.82, 2.24) is 14.7 Å². The molecule has 1 saturated carbocycles. The summed E-state index contributed by atoms with van der Waals surface area (Å²) in [4.78, 5) is 26.1. The maximum Gasteiger partial charge on any atom is 0.253 e. The normalized spacial score (nSPS) is 20.2. The number of nitrogens with zero attached hydrogens (tertiary/aromatic N) is 3. The van der Waals surface area contributed by atoms with Crippen LogP contribution >= 0.6 is 0 Å². The van der Waals surface area contributed by atoms with Crippen LogP contribution in [0.3, 0.4) is 0 Å². The predicted molar refractivity (Wildman–Crippen MR) is 98.2 cm³/mol. The first-order valence-electron chi connectivity index (χ1n) is 9.31. The number of aromatic nitrogens is 2. The van der Waals surface area contributed by atoms with Crippen molar-refractivity contribution in [1.29, 1.82) is 0 Å². The highest BCUT2D eigenvalue weighted by Crippen LogP contribution is 2.31. The molecule has 0 unspecified atom stereocenters. The van der Waals surface area contributed by atoms with Crippen LogP contribution in [0.2, 0.25) is 0 Å². The van der Waals surface area contributed by atoms with Gasteiger partial charge in [0.15, 0.2) is 0 Å². The van der Waals surface area contributed by atoms with Crippen molar-refractivity contribution in [3.63, 3.8) is 0 Å². The van der Waals surface area contributed by atoms with Crippen LogP contribution in [0.15, 0.2) is 36.7 Å². The zero-order chi connectivity index (χ0) is 18.1. The number of likely N-dealkylation sites (tertiary alicyclic amines) is 1. The highest BCUT2D eigenvalue weighted by atomic mass is 16.2. The summed E-state index contributed by atoms with van der Waals surface area (Å²) in [5, 5.41) is 4.44. The van der Waals surface area contributed by atoms with Gasteiger partial charge in [-0.15, -0.1) is 0 Å². The second-order valence-electron chi connectivity index (χ2n) is 7.47. The van der Waals surface area contributed by atoms with E-state index in [-0.39, 0.29) is 17.7 Å². The van der Waals surface area contributed by atoms with Crippen LogP contribution in [0.5, 0.6) is 0 Å². The van der Waals surface area contributed by atoms with Crippen LogP contribution in [-0.4, -0.2) is 39.6 Å². The minimum atomic E-state index is -0.320. The Balaban J connectivity index is 1.50. The van der Waals surface area contributed by atoms with E-state index >= 15 is 0 Å². The molecule has 6 nitrogen and oxygen atoms in total. The molecule has 0 spiro atoms. The smallest absolute Gasteiger partial charge is 0.253 e. The van der Waals surface area contributed by atoms with Gasteiger partial charge >= 0.3 is 0 Å². The fourth-order valence-electron chi connectivity index (χ4n) is 3.59. The fraction of sp³-hybridized carbons (Fsp3) is 0.450. The van der Waals surface area contributed by atoms with Crippen molar-refractivity contribution >= 4 is 11.8 Å². The van der Waals surface area contributed by atoms with Gasteiger partial charge < -0.3 is 10.6 Å². The Hall–Kier alpha value is -2.63. The Kier molecular flexibility index (Phi) is 4.49. The quantitative estimate of drug-likeness (QED) is 0.896. The molecule has 2 aromatic rings. The Bertz CT molecular complexity index is 825. The third kappa shape index (κ3) is 3.64. The highest BCUT2D eigenvalue weighted by Gasteiger charge is 2.27. The number of nitrogens with two attached hydrogens (primary N) is 1. The molecule has 1 aromatic heterocycles. The van der Waals surface area contributed by atoms with Crippen LogP contribution in [0.4, 0.5) is 0 Å². The van der Waals surface area contributed by atoms with Crippen LogP contribution in [0.25, 0.3) is 11.1 Å². The monoisotopic (exact) mass is 352 g/mol. The molecule has 1 aliphatic heterocycles. The summed E-state index contributed by atoms with van der Waals surface area (Å²) >= 11 is 0. The van der Waals surface area contributed by atoms with E-state index in [4.69, 9.17) is 5.73 Å². The van der Waals surface area contributed by atoms with Gasteiger partial charge in [-0.25, -0.2) is 0 Å². The summed E-state index contributed by atoms with van der Waals surface area (Å²) in [5.41, 5.74) is 8.07. The van der Waals surface area contributed by atoms with Gasteiger partial charge in [0.25, 0.3) is 5.91 Å². The lowest BCUT2D eigenvalue weighted by atomic mass is 9.96. The Morgan fingerprint density at radius 1 is 1.19 bits per heavy atom. The van der Waals surface area contributed by atoms with Gasteiger partial charge in [-0.2, -0.15) is 5.10 Å². The molecule has 2 N–H and O–H groups in total. The molecule has 1 aliphatic carbocycles. The molecule has 6 heteroatoms. The predicted octanol–water partition coefficient (Wildman–Crippen LogP) is 2.30. The number of primary amides is 1. The molecule has 0 bridgehead atoms. The lowest BCUT2D eigenvalue weighted by Crippen LogP contribution is -2.44. The van der Waals surface area contributed by atoms with E-state index < -0.39 is 0 Å². The average molecular weight is 352 g/mol. The molecule has 2 aliphatic rings. The van der Waals surface area contributed by atoms with Gasteiger partial charge in [0.05, 0.1) is 12.1 Å². The molecular weight excluding hydrogens is 328 g/mol. The van der Waals surface area contributed by atoms with Crippen LogP contribution in [0.1, 0.15) is 36.0 Å². The molecule has 2 heterocycles. The summed E-state index contributed by atoms with van der Waals surface area (Å²) in [7, 11) is 0. The van der Waals surface area contributed by atoms with E-state index in [1.54, 1.807) is 4.90 Å². The molecule has 1 aromatic carbocycles. The van der Waals surface area contributed by atoms with E-state index in [0.717, 1.165) is 36.4 Å². The minimum absolute atomic E-state index is 0.0387. The molecule has 4 rings (SSSR count). The first-order chi connectivity index (χ1) is 12.6. The lowest BCUT2D eigenvalue weighted by molar-refractivity contribution is -0.123.